The third-order valence-corrected chi connectivity index (χ3v) is 5.64. The predicted octanol–water partition coefficient (Wildman–Crippen LogP) is 3.57. The zero-order valence-corrected chi connectivity index (χ0v) is 15.0. The second kappa shape index (κ2) is 7.03. The number of rotatable bonds is 3. The molecule has 0 fully saturated rings. The van der Waals surface area contributed by atoms with Crippen LogP contribution in [0.1, 0.15) is 29.7 Å². The molecule has 3 rings (SSSR count). The van der Waals surface area contributed by atoms with E-state index in [2.05, 4.69) is 33.0 Å². The average molecular weight is 393 g/mol. The Morgan fingerprint density at radius 2 is 2.30 bits per heavy atom. The van der Waals surface area contributed by atoms with Gasteiger partial charge in [-0.3, -0.25) is 9.78 Å². The van der Waals surface area contributed by atoms with Crippen LogP contribution in [-0.2, 0) is 4.79 Å². The highest BCUT2D eigenvalue weighted by Crippen LogP contribution is 2.40. The number of fused-ring (bicyclic) bond motifs is 1. The van der Waals surface area contributed by atoms with Crippen molar-refractivity contribution in [2.45, 2.75) is 23.5 Å². The summed E-state index contributed by atoms with van der Waals surface area (Å²) >= 11 is 5.30. The molecule has 1 N–H and O–H groups in total. The first-order chi connectivity index (χ1) is 11.1. The van der Waals surface area contributed by atoms with E-state index < -0.39 is 6.10 Å². The van der Waals surface area contributed by atoms with E-state index in [1.165, 1.54) is 11.1 Å². The van der Waals surface area contributed by atoms with Crippen molar-refractivity contribution in [1.82, 2.24) is 9.88 Å². The van der Waals surface area contributed by atoms with Gasteiger partial charge in [0.05, 0.1) is 6.04 Å². The summed E-state index contributed by atoms with van der Waals surface area (Å²) in [7, 11) is 1.76. The van der Waals surface area contributed by atoms with Crippen LogP contribution in [0.25, 0.3) is 0 Å². The lowest BCUT2D eigenvalue weighted by atomic mass is 10.0. The van der Waals surface area contributed by atoms with Crippen molar-refractivity contribution in [2.75, 3.05) is 12.8 Å². The van der Waals surface area contributed by atoms with Gasteiger partial charge < -0.3 is 10.0 Å². The Hall–Kier alpha value is -1.37. The van der Waals surface area contributed by atoms with Crippen LogP contribution in [-0.4, -0.2) is 33.7 Å². The number of benzene rings is 1. The summed E-state index contributed by atoms with van der Waals surface area (Å²) in [5.41, 5.74) is 1.65. The van der Waals surface area contributed by atoms with Crippen LogP contribution in [0.15, 0.2) is 52.1 Å². The lowest BCUT2D eigenvalue weighted by molar-refractivity contribution is -0.141. The number of hydrogen-bond acceptors (Lipinski definition) is 4. The maximum absolute atomic E-state index is 12.7. The molecule has 0 saturated carbocycles. The molecule has 2 heterocycles. The number of carbonyl (C=O) groups excluding carboxylic acids is 1. The number of pyridine rings is 1. The SMILES string of the molecule is CN(C(=O)C(O)c1cccnc1)C1CCSc2ccc(Br)cc21. The van der Waals surface area contributed by atoms with Gasteiger partial charge in [0.1, 0.15) is 0 Å². The number of amides is 1. The van der Waals surface area contributed by atoms with E-state index >= 15 is 0 Å². The average Bonchev–Trinajstić information content (AvgIpc) is 2.60. The van der Waals surface area contributed by atoms with Crippen LogP contribution in [0.4, 0.5) is 0 Å². The van der Waals surface area contributed by atoms with Gasteiger partial charge in [0, 0.05) is 40.1 Å². The molecule has 2 aromatic rings. The number of aliphatic hydroxyl groups excluding tert-OH is 1. The summed E-state index contributed by atoms with van der Waals surface area (Å²) in [6, 6.07) is 9.56. The molecule has 2 atom stereocenters. The summed E-state index contributed by atoms with van der Waals surface area (Å²) in [6.07, 6.45) is 2.84. The van der Waals surface area contributed by atoms with Crippen LogP contribution >= 0.6 is 27.7 Å². The highest BCUT2D eigenvalue weighted by Gasteiger charge is 2.31. The normalized spacial score (nSPS) is 18.1. The molecule has 1 aliphatic heterocycles. The smallest absolute Gasteiger partial charge is 0.256 e. The zero-order chi connectivity index (χ0) is 16.4. The molecule has 4 nitrogen and oxygen atoms in total. The number of likely N-dealkylation sites (N-methyl/N-ethyl adjacent to an activating group) is 1. The van der Waals surface area contributed by atoms with Gasteiger partial charge in [-0.05, 0) is 36.2 Å². The van der Waals surface area contributed by atoms with E-state index in [0.717, 1.165) is 22.2 Å². The largest absolute Gasteiger partial charge is 0.378 e. The molecule has 23 heavy (non-hydrogen) atoms. The van der Waals surface area contributed by atoms with E-state index in [1.54, 1.807) is 42.0 Å². The molecule has 0 radical (unpaired) electrons. The summed E-state index contributed by atoms with van der Waals surface area (Å²) in [4.78, 5) is 19.5. The van der Waals surface area contributed by atoms with Crippen molar-refractivity contribution < 1.29 is 9.90 Å². The third kappa shape index (κ3) is 3.44. The molecule has 6 heteroatoms. The summed E-state index contributed by atoms with van der Waals surface area (Å²) in [5, 5.41) is 10.3. The molecule has 0 bridgehead atoms. The number of aliphatic hydroxyl groups is 1. The Bertz CT molecular complexity index is 711. The highest BCUT2D eigenvalue weighted by molar-refractivity contribution is 9.10. The maximum atomic E-state index is 12.7. The fourth-order valence-electron chi connectivity index (χ4n) is 2.78. The van der Waals surface area contributed by atoms with Crippen molar-refractivity contribution in [1.29, 1.82) is 0 Å². The lowest BCUT2D eigenvalue weighted by Gasteiger charge is -2.34. The molecule has 1 amide bonds. The zero-order valence-electron chi connectivity index (χ0n) is 12.6. The number of hydrogen-bond donors (Lipinski definition) is 1. The standard InChI is InChI=1S/C17H17BrN2O2S/c1-20(17(22)16(21)11-3-2-7-19-10-11)14-6-8-23-15-5-4-12(18)9-13(14)15/h2-5,7,9-10,14,16,21H,6,8H2,1H3. The summed E-state index contributed by atoms with van der Waals surface area (Å²) in [6.45, 7) is 0. The second-order valence-electron chi connectivity index (χ2n) is 5.47. The van der Waals surface area contributed by atoms with Gasteiger partial charge in [0.15, 0.2) is 6.10 Å². The van der Waals surface area contributed by atoms with Gasteiger partial charge in [-0.1, -0.05) is 22.0 Å². The van der Waals surface area contributed by atoms with E-state index in [1.807, 2.05) is 6.07 Å². The quantitative estimate of drug-likeness (QED) is 0.866. The Labute approximate surface area is 148 Å². The Kier molecular flexibility index (Phi) is 5.04. The molecule has 0 saturated heterocycles. The van der Waals surface area contributed by atoms with Crippen molar-refractivity contribution >= 4 is 33.6 Å². The van der Waals surface area contributed by atoms with Crippen LogP contribution in [0.3, 0.4) is 0 Å². The Morgan fingerprint density at radius 1 is 1.48 bits per heavy atom. The fourth-order valence-corrected chi connectivity index (χ4v) is 4.24. The van der Waals surface area contributed by atoms with Crippen LogP contribution in [0, 0.1) is 0 Å². The molecule has 1 aliphatic rings. The van der Waals surface area contributed by atoms with Crippen molar-refractivity contribution in [3.8, 4) is 0 Å². The maximum Gasteiger partial charge on any atom is 0.256 e. The minimum atomic E-state index is -1.18. The predicted molar refractivity (Wildman–Crippen MR) is 94.2 cm³/mol. The fraction of sp³-hybridized carbons (Fsp3) is 0.294. The lowest BCUT2D eigenvalue weighted by Crippen LogP contribution is -2.36. The van der Waals surface area contributed by atoms with Crippen LogP contribution in [0.5, 0.6) is 0 Å². The number of carbonyl (C=O) groups is 1. The van der Waals surface area contributed by atoms with Crippen molar-refractivity contribution in [3.63, 3.8) is 0 Å². The molecule has 2 unspecified atom stereocenters. The highest BCUT2D eigenvalue weighted by atomic mass is 79.9. The molecule has 1 aromatic carbocycles. The van der Waals surface area contributed by atoms with Crippen LogP contribution in [0.2, 0.25) is 0 Å². The molecule has 1 aromatic heterocycles. The first-order valence-electron chi connectivity index (χ1n) is 7.35. The molecular weight excluding hydrogens is 376 g/mol. The Balaban J connectivity index is 1.85. The van der Waals surface area contributed by atoms with Gasteiger partial charge >= 0.3 is 0 Å². The van der Waals surface area contributed by atoms with Gasteiger partial charge in [-0.2, -0.15) is 0 Å². The van der Waals surface area contributed by atoms with Crippen LogP contribution < -0.4 is 0 Å². The van der Waals surface area contributed by atoms with Gasteiger partial charge in [0.2, 0.25) is 0 Å². The molecule has 0 spiro atoms. The number of halogens is 1. The number of aromatic nitrogens is 1. The minimum absolute atomic E-state index is 0.0254. The van der Waals surface area contributed by atoms with Crippen molar-refractivity contribution in [3.05, 3.63) is 58.3 Å². The van der Waals surface area contributed by atoms with Gasteiger partial charge in [-0.15, -0.1) is 11.8 Å². The topological polar surface area (TPSA) is 53.4 Å². The summed E-state index contributed by atoms with van der Waals surface area (Å²) < 4.78 is 0.998. The minimum Gasteiger partial charge on any atom is -0.378 e. The van der Waals surface area contributed by atoms with Gasteiger partial charge in [-0.25, -0.2) is 0 Å². The summed E-state index contributed by atoms with van der Waals surface area (Å²) in [5.74, 6) is 0.653. The monoisotopic (exact) mass is 392 g/mol. The number of thioether (sulfide) groups is 1. The van der Waals surface area contributed by atoms with E-state index in [0.29, 0.717) is 5.56 Å². The third-order valence-electron chi connectivity index (χ3n) is 4.03. The second-order valence-corrected chi connectivity index (χ2v) is 7.53. The number of nitrogens with zero attached hydrogens (tertiary/aromatic N) is 2. The van der Waals surface area contributed by atoms with E-state index in [4.69, 9.17) is 0 Å². The van der Waals surface area contributed by atoms with Crippen molar-refractivity contribution in [2.24, 2.45) is 0 Å². The first-order valence-corrected chi connectivity index (χ1v) is 9.12. The molecule has 120 valence electrons. The molecular formula is C17H17BrN2O2S. The van der Waals surface area contributed by atoms with E-state index in [9.17, 15) is 9.90 Å². The first kappa shape index (κ1) is 16.5. The Morgan fingerprint density at radius 3 is 3.04 bits per heavy atom. The molecule has 0 aliphatic carbocycles. The van der Waals surface area contributed by atoms with E-state index in [-0.39, 0.29) is 11.9 Å². The van der Waals surface area contributed by atoms with Gasteiger partial charge in [0.25, 0.3) is 5.91 Å².